The Morgan fingerprint density at radius 1 is 1.27 bits per heavy atom. The molecule has 2 aromatic rings. The number of benzene rings is 1. The molecule has 1 unspecified atom stereocenters. The van der Waals surface area contributed by atoms with Crippen LogP contribution in [0.15, 0.2) is 42.5 Å². The molecule has 0 spiro atoms. The summed E-state index contributed by atoms with van der Waals surface area (Å²) in [5.74, 6) is -1.49. The first kappa shape index (κ1) is 15.7. The van der Waals surface area contributed by atoms with Crippen LogP contribution in [0.4, 0.5) is 0 Å². The molecular formula is C16H16N2O4. The molecule has 22 heavy (non-hydrogen) atoms. The maximum atomic E-state index is 11.6. The minimum atomic E-state index is -1.07. The number of esters is 1. The SMILES string of the molecule is COC(=O)c1cccc(-c2cccc(CC(N)C(=O)O)n2)c1. The number of carbonyl (C=O) groups is 2. The quantitative estimate of drug-likeness (QED) is 0.811. The Kier molecular flexibility index (Phi) is 4.85. The summed E-state index contributed by atoms with van der Waals surface area (Å²) in [6, 6.07) is 11.2. The van der Waals surface area contributed by atoms with Gasteiger partial charge in [-0.2, -0.15) is 0 Å². The summed E-state index contributed by atoms with van der Waals surface area (Å²) in [5.41, 5.74) is 7.91. The van der Waals surface area contributed by atoms with E-state index in [4.69, 9.17) is 10.8 Å². The van der Waals surface area contributed by atoms with E-state index in [1.165, 1.54) is 7.11 Å². The maximum absolute atomic E-state index is 11.6. The van der Waals surface area contributed by atoms with Gasteiger partial charge in [0, 0.05) is 17.7 Å². The smallest absolute Gasteiger partial charge is 0.337 e. The largest absolute Gasteiger partial charge is 0.480 e. The number of aliphatic carboxylic acids is 1. The van der Waals surface area contributed by atoms with Gasteiger partial charge in [0.1, 0.15) is 6.04 Å². The summed E-state index contributed by atoms with van der Waals surface area (Å²) in [6.07, 6.45) is 0.139. The molecule has 3 N–H and O–H groups in total. The second-order valence-corrected chi connectivity index (χ2v) is 4.74. The molecule has 1 aromatic heterocycles. The highest BCUT2D eigenvalue weighted by molar-refractivity contribution is 5.90. The predicted octanol–water partition coefficient (Wildman–Crippen LogP) is 1.49. The summed E-state index contributed by atoms with van der Waals surface area (Å²) >= 11 is 0. The first-order chi connectivity index (χ1) is 10.5. The number of carbonyl (C=O) groups excluding carboxylic acids is 1. The van der Waals surface area contributed by atoms with Gasteiger partial charge in [-0.1, -0.05) is 18.2 Å². The number of nitrogens with zero attached hydrogens (tertiary/aromatic N) is 1. The molecule has 1 atom stereocenters. The van der Waals surface area contributed by atoms with Crippen molar-refractivity contribution in [1.82, 2.24) is 4.98 Å². The minimum absolute atomic E-state index is 0.139. The standard InChI is InChI=1S/C16H16N2O4/c1-22-16(21)11-5-2-4-10(8-11)14-7-3-6-12(18-14)9-13(17)15(19)20/h2-8,13H,9,17H2,1H3,(H,19,20). The molecule has 2 rings (SSSR count). The Morgan fingerprint density at radius 3 is 2.68 bits per heavy atom. The van der Waals surface area contributed by atoms with Crippen molar-refractivity contribution in [3.63, 3.8) is 0 Å². The Labute approximate surface area is 127 Å². The number of methoxy groups -OCH3 is 1. The molecule has 6 nitrogen and oxygen atoms in total. The zero-order valence-corrected chi connectivity index (χ0v) is 12.0. The number of pyridine rings is 1. The van der Waals surface area contributed by atoms with E-state index in [0.29, 0.717) is 17.0 Å². The molecule has 0 amide bonds. The molecule has 0 aliphatic rings. The van der Waals surface area contributed by atoms with Gasteiger partial charge in [0.05, 0.1) is 18.4 Å². The summed E-state index contributed by atoms with van der Waals surface area (Å²) in [6.45, 7) is 0. The van der Waals surface area contributed by atoms with Gasteiger partial charge in [-0.25, -0.2) is 4.79 Å². The summed E-state index contributed by atoms with van der Waals surface area (Å²) in [4.78, 5) is 26.8. The summed E-state index contributed by atoms with van der Waals surface area (Å²) in [5, 5.41) is 8.85. The van der Waals surface area contributed by atoms with E-state index in [1.807, 2.05) is 6.07 Å². The fourth-order valence-electron chi connectivity index (χ4n) is 1.99. The number of nitrogens with two attached hydrogens (primary N) is 1. The third kappa shape index (κ3) is 3.67. The van der Waals surface area contributed by atoms with Crippen LogP contribution >= 0.6 is 0 Å². The molecule has 1 heterocycles. The first-order valence-corrected chi connectivity index (χ1v) is 6.64. The van der Waals surface area contributed by atoms with Crippen LogP contribution < -0.4 is 5.73 Å². The highest BCUT2D eigenvalue weighted by Gasteiger charge is 2.14. The van der Waals surface area contributed by atoms with Gasteiger partial charge in [0.15, 0.2) is 0 Å². The number of rotatable bonds is 5. The van der Waals surface area contributed by atoms with Crippen LogP contribution in [0.2, 0.25) is 0 Å². The van der Waals surface area contributed by atoms with Gasteiger partial charge < -0.3 is 15.6 Å². The van der Waals surface area contributed by atoms with Gasteiger partial charge in [0.2, 0.25) is 0 Å². The maximum Gasteiger partial charge on any atom is 0.337 e. The topological polar surface area (TPSA) is 103 Å². The third-order valence-corrected chi connectivity index (χ3v) is 3.13. The van der Waals surface area contributed by atoms with Crippen LogP contribution in [0.25, 0.3) is 11.3 Å². The van der Waals surface area contributed by atoms with E-state index < -0.39 is 18.0 Å². The Balaban J connectivity index is 2.30. The van der Waals surface area contributed by atoms with Crippen LogP contribution in [-0.4, -0.2) is 35.2 Å². The van der Waals surface area contributed by atoms with Gasteiger partial charge in [-0.15, -0.1) is 0 Å². The third-order valence-electron chi connectivity index (χ3n) is 3.13. The van der Waals surface area contributed by atoms with Crippen LogP contribution in [-0.2, 0) is 16.0 Å². The second kappa shape index (κ2) is 6.82. The number of carboxylic acid groups (broad SMARTS) is 1. The second-order valence-electron chi connectivity index (χ2n) is 4.74. The highest BCUT2D eigenvalue weighted by atomic mass is 16.5. The molecule has 0 bridgehead atoms. The lowest BCUT2D eigenvalue weighted by Crippen LogP contribution is -2.32. The van der Waals surface area contributed by atoms with Crippen molar-refractivity contribution in [2.45, 2.75) is 12.5 Å². The van der Waals surface area contributed by atoms with Crippen molar-refractivity contribution >= 4 is 11.9 Å². The molecule has 0 aliphatic carbocycles. The van der Waals surface area contributed by atoms with E-state index >= 15 is 0 Å². The Hall–Kier alpha value is -2.73. The van der Waals surface area contributed by atoms with E-state index in [1.54, 1.807) is 36.4 Å². The van der Waals surface area contributed by atoms with E-state index in [9.17, 15) is 9.59 Å². The van der Waals surface area contributed by atoms with Crippen LogP contribution in [0.5, 0.6) is 0 Å². The Bertz CT molecular complexity index is 700. The molecule has 0 aliphatic heterocycles. The van der Waals surface area contributed by atoms with Crippen molar-refractivity contribution in [1.29, 1.82) is 0 Å². The lowest BCUT2D eigenvalue weighted by Gasteiger charge is -2.08. The predicted molar refractivity (Wildman–Crippen MR) is 80.3 cm³/mol. The van der Waals surface area contributed by atoms with Crippen molar-refractivity contribution in [2.75, 3.05) is 7.11 Å². The first-order valence-electron chi connectivity index (χ1n) is 6.64. The highest BCUT2D eigenvalue weighted by Crippen LogP contribution is 2.19. The molecule has 6 heteroatoms. The fourth-order valence-corrected chi connectivity index (χ4v) is 1.99. The average molecular weight is 300 g/mol. The monoisotopic (exact) mass is 300 g/mol. The van der Waals surface area contributed by atoms with Crippen molar-refractivity contribution < 1.29 is 19.4 Å². The normalized spacial score (nSPS) is 11.7. The van der Waals surface area contributed by atoms with Crippen LogP contribution in [0.3, 0.4) is 0 Å². The number of hydrogen-bond donors (Lipinski definition) is 2. The molecule has 1 aromatic carbocycles. The fraction of sp³-hybridized carbons (Fsp3) is 0.188. The average Bonchev–Trinajstić information content (AvgIpc) is 2.54. The lowest BCUT2D eigenvalue weighted by atomic mass is 10.1. The zero-order chi connectivity index (χ0) is 16.1. The molecule has 0 radical (unpaired) electrons. The summed E-state index contributed by atoms with van der Waals surface area (Å²) in [7, 11) is 1.32. The van der Waals surface area contributed by atoms with E-state index in [2.05, 4.69) is 9.72 Å². The minimum Gasteiger partial charge on any atom is -0.480 e. The van der Waals surface area contributed by atoms with Crippen molar-refractivity contribution in [3.05, 3.63) is 53.7 Å². The molecule has 0 saturated carbocycles. The molecule has 114 valence electrons. The van der Waals surface area contributed by atoms with Crippen LogP contribution in [0.1, 0.15) is 16.1 Å². The van der Waals surface area contributed by atoms with Gasteiger partial charge in [0.25, 0.3) is 0 Å². The number of carboxylic acids is 1. The molecule has 0 fully saturated rings. The van der Waals surface area contributed by atoms with E-state index in [0.717, 1.165) is 5.56 Å². The lowest BCUT2D eigenvalue weighted by molar-refractivity contribution is -0.138. The van der Waals surface area contributed by atoms with E-state index in [-0.39, 0.29) is 6.42 Å². The molecular weight excluding hydrogens is 284 g/mol. The molecule has 0 saturated heterocycles. The number of hydrogen-bond acceptors (Lipinski definition) is 5. The van der Waals surface area contributed by atoms with Crippen molar-refractivity contribution in [3.8, 4) is 11.3 Å². The summed E-state index contributed by atoms with van der Waals surface area (Å²) < 4.78 is 4.69. The van der Waals surface area contributed by atoms with Crippen LogP contribution in [0, 0.1) is 0 Å². The zero-order valence-electron chi connectivity index (χ0n) is 12.0. The number of ether oxygens (including phenoxy) is 1. The van der Waals surface area contributed by atoms with Gasteiger partial charge in [-0.05, 0) is 24.3 Å². The Morgan fingerprint density at radius 2 is 2.00 bits per heavy atom. The number of aromatic nitrogens is 1. The van der Waals surface area contributed by atoms with Gasteiger partial charge >= 0.3 is 11.9 Å². The van der Waals surface area contributed by atoms with Gasteiger partial charge in [-0.3, -0.25) is 9.78 Å². The van der Waals surface area contributed by atoms with Crippen molar-refractivity contribution in [2.24, 2.45) is 5.73 Å².